The molecular formula is C24H29ClN4O7. The number of ether oxygens (including phenoxy) is 4. The van der Waals surface area contributed by atoms with Gasteiger partial charge in [0.25, 0.3) is 0 Å². The highest BCUT2D eigenvalue weighted by molar-refractivity contribution is 5.97. The van der Waals surface area contributed by atoms with Crippen LogP contribution in [0, 0.1) is 0 Å². The number of carbonyl (C=O) groups is 2. The fraction of sp³-hybridized carbons (Fsp3) is 0.292. The van der Waals surface area contributed by atoms with Crippen LogP contribution in [0.15, 0.2) is 41.1 Å². The molecule has 2 amide bonds. The van der Waals surface area contributed by atoms with Crippen LogP contribution in [0.25, 0.3) is 22.4 Å². The predicted molar refractivity (Wildman–Crippen MR) is 136 cm³/mol. The van der Waals surface area contributed by atoms with Gasteiger partial charge in [-0.25, -0.2) is 0 Å². The highest BCUT2D eigenvalue weighted by atomic mass is 35.5. The fourth-order valence-corrected chi connectivity index (χ4v) is 3.50. The van der Waals surface area contributed by atoms with Crippen LogP contribution in [0.1, 0.15) is 12.8 Å². The Hall–Kier alpha value is -3.96. The molecule has 1 unspecified atom stereocenters. The molecule has 0 aliphatic carbocycles. The maximum absolute atomic E-state index is 12.6. The second-order valence-corrected chi connectivity index (χ2v) is 7.51. The third kappa shape index (κ3) is 6.18. The maximum Gasteiger partial charge on any atom is 0.241 e. The van der Waals surface area contributed by atoms with Crippen LogP contribution in [-0.2, 0) is 9.59 Å². The molecule has 0 saturated heterocycles. The molecule has 1 atom stereocenters. The molecule has 3 rings (SSSR count). The van der Waals surface area contributed by atoms with E-state index in [0.29, 0.717) is 51.1 Å². The van der Waals surface area contributed by atoms with Crippen molar-refractivity contribution in [1.29, 1.82) is 0 Å². The Bertz CT molecular complexity index is 1190. The smallest absolute Gasteiger partial charge is 0.241 e. The number of hydrogen-bond acceptors (Lipinski definition) is 9. The van der Waals surface area contributed by atoms with Crippen molar-refractivity contribution in [2.45, 2.75) is 18.9 Å². The Morgan fingerprint density at radius 1 is 0.972 bits per heavy atom. The minimum atomic E-state index is -0.916. The molecule has 0 aliphatic heterocycles. The number of methoxy groups -OCH3 is 4. The Balaban J connectivity index is 0.00000456. The predicted octanol–water partition coefficient (Wildman–Crippen LogP) is 3.00. The summed E-state index contributed by atoms with van der Waals surface area (Å²) in [5.74, 6) is 0.796. The average Bonchev–Trinajstić information content (AvgIpc) is 3.36. The molecule has 1 aromatic heterocycles. The minimum absolute atomic E-state index is 0. The van der Waals surface area contributed by atoms with Crippen molar-refractivity contribution in [2.75, 3.05) is 33.8 Å². The van der Waals surface area contributed by atoms with E-state index in [2.05, 4.69) is 10.5 Å². The Morgan fingerprint density at radius 3 is 2.17 bits per heavy atom. The standard InChI is InChI=1S/C24H28N4O7.ClH/c1-31-18-7-5-13(9-17(18)27-24(30)16(25)6-8-21(26)29)15-12-35-28-22(15)14-10-19(32-2)23(34-4)20(11-14)33-3;/h5,7,9-12,16H,6,8,25H2,1-4H3,(H2,26,29)(H,27,30);1H. The van der Waals surface area contributed by atoms with E-state index in [9.17, 15) is 9.59 Å². The van der Waals surface area contributed by atoms with E-state index in [0.717, 1.165) is 0 Å². The first-order chi connectivity index (χ1) is 16.8. The van der Waals surface area contributed by atoms with Crippen molar-refractivity contribution in [3.05, 3.63) is 36.6 Å². The second kappa shape index (κ2) is 12.7. The third-order valence-corrected chi connectivity index (χ3v) is 5.31. The summed E-state index contributed by atoms with van der Waals surface area (Å²) in [4.78, 5) is 23.6. The number of nitrogens with one attached hydrogen (secondary N) is 1. The minimum Gasteiger partial charge on any atom is -0.495 e. The fourth-order valence-electron chi connectivity index (χ4n) is 3.50. The summed E-state index contributed by atoms with van der Waals surface area (Å²) in [6.07, 6.45) is 1.62. The molecule has 11 nitrogen and oxygen atoms in total. The van der Waals surface area contributed by atoms with Crippen LogP contribution in [0.5, 0.6) is 23.0 Å². The molecule has 0 saturated carbocycles. The Morgan fingerprint density at radius 2 is 1.61 bits per heavy atom. The van der Waals surface area contributed by atoms with Gasteiger partial charge in [0.15, 0.2) is 11.5 Å². The molecular weight excluding hydrogens is 492 g/mol. The van der Waals surface area contributed by atoms with Gasteiger partial charge in [-0.05, 0) is 36.2 Å². The maximum atomic E-state index is 12.6. The summed E-state index contributed by atoms with van der Waals surface area (Å²) in [5, 5.41) is 6.91. The zero-order chi connectivity index (χ0) is 25.5. The summed E-state index contributed by atoms with van der Waals surface area (Å²) in [6, 6.07) is 7.81. The van der Waals surface area contributed by atoms with Crippen LogP contribution >= 0.6 is 12.4 Å². The number of rotatable bonds is 11. The zero-order valence-corrected chi connectivity index (χ0v) is 21.1. The lowest BCUT2D eigenvalue weighted by Gasteiger charge is -2.15. The van der Waals surface area contributed by atoms with E-state index in [1.165, 1.54) is 34.7 Å². The topological polar surface area (TPSA) is 161 Å². The molecule has 3 aromatic rings. The summed E-state index contributed by atoms with van der Waals surface area (Å²) in [7, 11) is 6.06. The SMILES string of the molecule is COc1ccc(-c2conc2-c2cc(OC)c(OC)c(OC)c2)cc1NC(=O)C(N)CCC(N)=O.Cl. The van der Waals surface area contributed by atoms with Gasteiger partial charge in [0.05, 0.1) is 40.2 Å². The lowest BCUT2D eigenvalue weighted by atomic mass is 10.00. The molecule has 12 heteroatoms. The molecule has 36 heavy (non-hydrogen) atoms. The van der Waals surface area contributed by atoms with Crippen molar-refractivity contribution < 1.29 is 33.1 Å². The summed E-state index contributed by atoms with van der Waals surface area (Å²) in [5.41, 5.74) is 14.0. The summed E-state index contributed by atoms with van der Waals surface area (Å²) < 4.78 is 26.9. The number of primary amides is 1. The Labute approximate surface area is 214 Å². The molecule has 0 spiro atoms. The van der Waals surface area contributed by atoms with Gasteiger partial charge in [-0.3, -0.25) is 9.59 Å². The van der Waals surface area contributed by atoms with Gasteiger partial charge in [-0.2, -0.15) is 0 Å². The van der Waals surface area contributed by atoms with Crippen LogP contribution < -0.4 is 35.7 Å². The number of nitrogens with zero attached hydrogens (tertiary/aromatic N) is 1. The molecule has 0 radical (unpaired) electrons. The van der Waals surface area contributed by atoms with Crippen molar-refractivity contribution in [1.82, 2.24) is 5.16 Å². The molecule has 0 fully saturated rings. The van der Waals surface area contributed by atoms with Gasteiger partial charge in [0.1, 0.15) is 17.7 Å². The number of aromatic nitrogens is 1. The van der Waals surface area contributed by atoms with Gasteiger partial charge in [0, 0.05) is 17.5 Å². The van der Waals surface area contributed by atoms with Gasteiger partial charge >= 0.3 is 0 Å². The van der Waals surface area contributed by atoms with Crippen molar-refractivity contribution >= 4 is 29.9 Å². The van der Waals surface area contributed by atoms with Gasteiger partial charge in [-0.1, -0.05) is 11.2 Å². The quantitative estimate of drug-likeness (QED) is 0.345. The molecule has 0 aliphatic rings. The van der Waals surface area contributed by atoms with Crippen LogP contribution in [0.4, 0.5) is 5.69 Å². The molecule has 1 heterocycles. The lowest BCUT2D eigenvalue weighted by Crippen LogP contribution is -2.36. The number of hydrogen-bond donors (Lipinski definition) is 3. The molecule has 194 valence electrons. The van der Waals surface area contributed by atoms with E-state index in [-0.39, 0.29) is 25.2 Å². The van der Waals surface area contributed by atoms with Gasteiger partial charge in [0.2, 0.25) is 17.6 Å². The van der Waals surface area contributed by atoms with E-state index in [1.807, 2.05) is 0 Å². The first-order valence-corrected chi connectivity index (χ1v) is 10.6. The number of halogens is 1. The largest absolute Gasteiger partial charge is 0.495 e. The number of anilines is 1. The van der Waals surface area contributed by atoms with Gasteiger partial charge < -0.3 is 40.3 Å². The third-order valence-electron chi connectivity index (χ3n) is 5.31. The normalized spacial score (nSPS) is 11.1. The second-order valence-electron chi connectivity index (χ2n) is 7.51. The zero-order valence-electron chi connectivity index (χ0n) is 20.3. The first-order valence-electron chi connectivity index (χ1n) is 10.6. The first kappa shape index (κ1) is 28.3. The van der Waals surface area contributed by atoms with Crippen molar-refractivity contribution in [3.8, 4) is 45.4 Å². The summed E-state index contributed by atoms with van der Waals surface area (Å²) >= 11 is 0. The number of benzene rings is 2. The van der Waals surface area contributed by atoms with E-state index in [4.69, 9.17) is 34.9 Å². The highest BCUT2D eigenvalue weighted by Crippen LogP contribution is 2.43. The summed E-state index contributed by atoms with van der Waals surface area (Å²) in [6.45, 7) is 0. The monoisotopic (exact) mass is 520 g/mol. The number of nitrogens with two attached hydrogens (primary N) is 2. The number of amides is 2. The van der Waals surface area contributed by atoms with Crippen LogP contribution in [0.2, 0.25) is 0 Å². The Kier molecular flexibility index (Phi) is 9.94. The average molecular weight is 521 g/mol. The number of carbonyl (C=O) groups excluding carboxylic acids is 2. The molecule has 5 N–H and O–H groups in total. The highest BCUT2D eigenvalue weighted by Gasteiger charge is 2.21. The van der Waals surface area contributed by atoms with Crippen molar-refractivity contribution in [3.63, 3.8) is 0 Å². The lowest BCUT2D eigenvalue weighted by molar-refractivity contribution is -0.119. The van der Waals surface area contributed by atoms with E-state index in [1.54, 1.807) is 30.3 Å². The van der Waals surface area contributed by atoms with Gasteiger partial charge in [-0.15, -0.1) is 12.4 Å². The van der Waals surface area contributed by atoms with E-state index >= 15 is 0 Å². The van der Waals surface area contributed by atoms with Crippen molar-refractivity contribution in [2.24, 2.45) is 11.5 Å². The molecule has 2 aromatic carbocycles. The molecule has 0 bridgehead atoms. The van der Waals surface area contributed by atoms with Crippen LogP contribution in [-0.4, -0.2) is 51.5 Å². The van der Waals surface area contributed by atoms with E-state index < -0.39 is 17.9 Å². The van der Waals surface area contributed by atoms with Crippen LogP contribution in [0.3, 0.4) is 0 Å².